The first-order valence-corrected chi connectivity index (χ1v) is 30.2. The fourth-order valence-electron chi connectivity index (χ4n) is 16.7. The monoisotopic (exact) mass is 1010 g/mol. The van der Waals surface area contributed by atoms with Crippen molar-refractivity contribution in [2.75, 3.05) is 0 Å². The molecule has 0 spiro atoms. The predicted octanol–water partition coefficient (Wildman–Crippen LogP) is -37.9. The lowest BCUT2D eigenvalue weighted by molar-refractivity contribution is 0.675. The maximum absolute atomic E-state index is 7.50. The van der Waals surface area contributed by atoms with E-state index in [9.17, 15) is 0 Å². The highest BCUT2D eigenvalue weighted by atomic mass is 16.3. The number of rotatable bonds is 3. The van der Waals surface area contributed by atoms with Crippen molar-refractivity contribution in [3.8, 4) is 33.4 Å². The summed E-state index contributed by atoms with van der Waals surface area (Å²) in [6.07, 6.45) is 0. The fraction of sp³-hybridized carbons (Fsp3) is 0. The van der Waals surface area contributed by atoms with Crippen molar-refractivity contribution in [1.29, 1.82) is 0 Å². The van der Waals surface area contributed by atoms with Gasteiger partial charge in [0.1, 0.15) is 247 Å². The van der Waals surface area contributed by atoms with Crippen molar-refractivity contribution in [2.24, 2.45) is 0 Å². The second-order valence-corrected chi connectivity index (χ2v) is 26.3. The molecule has 356 valence electrons. The molecule has 0 radical (unpaired) electrons. The van der Waals surface area contributed by atoms with E-state index in [2.05, 4.69) is 235 Å². The highest BCUT2D eigenvalue weighted by molar-refractivity contribution is 6.79. The van der Waals surface area contributed by atoms with Gasteiger partial charge in [-0.2, -0.15) is 0 Å². The van der Waals surface area contributed by atoms with Crippen LogP contribution >= 0.6 is 0 Å². The Morgan fingerprint density at radius 1 is 0.111 bits per heavy atom. The van der Waals surface area contributed by atoms with Crippen molar-refractivity contribution in [1.82, 2.24) is 0 Å². The highest BCUT2D eigenvalue weighted by Gasteiger charge is 2.33. The van der Waals surface area contributed by atoms with Crippen LogP contribution in [0.1, 0.15) is 0 Å². The standard InChI is InChI=1S/C50H60B30O/c51-19-11(32(64)38(70)34(66)15(19)14-20(52)12-8(22(54)31(14)63)9-13(30(62)29(12)61)33(65)44(76)43(75)28(9)60)2-5-3(23(55)39(71)41(73)25(5)57)1(4-6(2)26(58)42(74)40(72)24(4)56)7-10-18-21(53)16-17(36(68)46(78)45(77)35(16)67)37(69)50(18)81-49(10)48(80)47(79)27(7)59/h51-80H2. The third kappa shape index (κ3) is 7.30. The summed E-state index contributed by atoms with van der Waals surface area (Å²) in [5.41, 5.74) is 51.3. The molecule has 31 heteroatoms. The zero-order chi connectivity index (χ0) is 59.6. The Morgan fingerprint density at radius 3 is 0.741 bits per heavy atom. The Balaban J connectivity index is 1.41. The molecule has 0 N–H and O–H groups in total. The van der Waals surface area contributed by atoms with Crippen LogP contribution in [0, 0.1) is 0 Å². The summed E-state index contributed by atoms with van der Waals surface area (Å²) >= 11 is 0. The van der Waals surface area contributed by atoms with Crippen molar-refractivity contribution < 1.29 is 4.42 Å². The molecule has 1 aromatic heterocycles. The molecule has 0 aliphatic carbocycles. The number of benzene rings is 10. The van der Waals surface area contributed by atoms with Crippen LogP contribution < -0.4 is 164 Å². The molecule has 0 bridgehead atoms. The predicted molar refractivity (Wildman–Crippen MR) is 463 cm³/mol. The minimum Gasteiger partial charge on any atom is -0.457 e. The molecule has 10 aromatic carbocycles. The van der Waals surface area contributed by atoms with Gasteiger partial charge in [-0.3, -0.25) is 0 Å². The summed E-state index contributed by atoms with van der Waals surface area (Å²) in [6, 6.07) is 0. The van der Waals surface area contributed by atoms with Gasteiger partial charge in [-0.05, 0) is 92.7 Å². The Morgan fingerprint density at radius 2 is 0.333 bits per heavy atom. The summed E-state index contributed by atoms with van der Waals surface area (Å²) in [4.78, 5) is 0. The average molecular weight is 1000 g/mol. The second kappa shape index (κ2) is 19.4. The van der Waals surface area contributed by atoms with Crippen molar-refractivity contribution in [2.45, 2.75) is 0 Å². The Bertz CT molecular complexity index is 4850. The Labute approximate surface area is 509 Å². The minimum absolute atomic E-state index is 1.02. The van der Waals surface area contributed by atoms with E-state index in [1.54, 1.807) is 0 Å². The van der Waals surface area contributed by atoms with Gasteiger partial charge in [-0.15, -0.1) is 49.2 Å². The molecule has 1 heterocycles. The van der Waals surface area contributed by atoms with Gasteiger partial charge >= 0.3 is 0 Å². The third-order valence-electron chi connectivity index (χ3n) is 23.5. The molecule has 0 aliphatic rings. The van der Waals surface area contributed by atoms with Gasteiger partial charge in [-0.25, -0.2) is 0 Å². The lowest BCUT2D eigenvalue weighted by Gasteiger charge is -2.32. The number of hydrogen-bond donors (Lipinski definition) is 0. The molecular weight excluding hydrogens is 941 g/mol. The molecule has 0 atom stereocenters. The minimum atomic E-state index is 1.02. The van der Waals surface area contributed by atoms with E-state index in [1.165, 1.54) is 262 Å². The molecule has 81 heavy (non-hydrogen) atoms. The molecule has 11 aromatic rings. The molecular formula is C50H60B30O. The summed E-state index contributed by atoms with van der Waals surface area (Å²) in [7, 11) is 71.5. The topological polar surface area (TPSA) is 13.1 Å². The van der Waals surface area contributed by atoms with Gasteiger partial charge in [-0.1, -0.05) is 109 Å². The largest absolute Gasteiger partial charge is 0.457 e. The quantitative estimate of drug-likeness (QED) is 0.0977. The van der Waals surface area contributed by atoms with E-state index < -0.39 is 0 Å². The van der Waals surface area contributed by atoms with Crippen LogP contribution in [0.5, 0.6) is 0 Å². The van der Waals surface area contributed by atoms with Crippen molar-refractivity contribution >= 4 is 475 Å². The summed E-state index contributed by atoms with van der Waals surface area (Å²) in [5, 5.41) is 16.5. The van der Waals surface area contributed by atoms with E-state index >= 15 is 0 Å². The second-order valence-electron chi connectivity index (χ2n) is 26.3. The molecule has 0 unspecified atom stereocenters. The van der Waals surface area contributed by atoms with E-state index in [0.29, 0.717) is 0 Å². The van der Waals surface area contributed by atoms with Crippen molar-refractivity contribution in [3.05, 3.63) is 0 Å². The van der Waals surface area contributed by atoms with Crippen LogP contribution in [0.25, 0.3) is 109 Å². The van der Waals surface area contributed by atoms with Gasteiger partial charge in [0.2, 0.25) is 0 Å². The fourth-order valence-corrected chi connectivity index (χ4v) is 16.7. The normalized spacial score (nSPS) is 12.0. The maximum Gasteiger partial charge on any atom is 0.145 e. The SMILES string of the molecule is Bc1c(B)c(-c2c(B)c(B)c3c(c2B)c(B)c(B)c2c(B)c(B)c(B)c(B)c23)c(B)c(-c2c3c(B)c(B)c(B)c(B)c3c(-c3c(B)c(B)c(B)c4oc5c(B)c6c(B)c(B)c(B)c(B)c6c(B)c5c34)c3c(B)c(B)c(B)c(B)c23)c1B. The van der Waals surface area contributed by atoms with Crippen LogP contribution in [0.2, 0.25) is 0 Å². The third-order valence-corrected chi connectivity index (χ3v) is 23.5. The van der Waals surface area contributed by atoms with E-state index in [-0.39, 0.29) is 0 Å². The molecule has 0 saturated carbocycles. The Hall–Kier alpha value is -4.75. The molecule has 1 nitrogen and oxygen atoms in total. The average Bonchev–Trinajstić information content (AvgIpc) is 4.08. The summed E-state index contributed by atoms with van der Waals surface area (Å²) in [6.45, 7) is 0. The van der Waals surface area contributed by atoms with Crippen molar-refractivity contribution in [3.63, 3.8) is 0 Å². The maximum atomic E-state index is 7.50. The van der Waals surface area contributed by atoms with Crippen LogP contribution in [-0.2, 0) is 0 Å². The first-order chi connectivity index (χ1) is 37.8. The van der Waals surface area contributed by atoms with Gasteiger partial charge in [0.05, 0.1) is 0 Å². The summed E-state index contributed by atoms with van der Waals surface area (Å²) in [5.74, 6) is 0. The highest BCUT2D eigenvalue weighted by Crippen LogP contribution is 2.43. The van der Waals surface area contributed by atoms with Gasteiger partial charge in [0.25, 0.3) is 0 Å². The first-order valence-electron chi connectivity index (χ1n) is 30.2. The van der Waals surface area contributed by atoms with Gasteiger partial charge in [0.15, 0.2) is 0 Å². The van der Waals surface area contributed by atoms with Crippen LogP contribution in [0.4, 0.5) is 0 Å². The molecule has 0 saturated heterocycles. The molecule has 0 fully saturated rings. The Kier molecular flexibility index (Phi) is 13.9. The molecule has 0 amide bonds. The first kappa shape index (κ1) is 58.0. The number of furan rings is 1. The lowest BCUT2D eigenvalue weighted by Crippen LogP contribution is -2.52. The smallest absolute Gasteiger partial charge is 0.145 e. The zero-order valence-electron chi connectivity index (χ0n) is 55.4. The van der Waals surface area contributed by atoms with Gasteiger partial charge in [0, 0.05) is 10.8 Å². The van der Waals surface area contributed by atoms with Crippen LogP contribution in [-0.4, -0.2) is 235 Å². The van der Waals surface area contributed by atoms with E-state index in [1.807, 2.05) is 0 Å². The summed E-state index contributed by atoms with van der Waals surface area (Å²) < 4.78 is 7.50. The molecule has 0 aliphatic heterocycles. The lowest BCUT2D eigenvalue weighted by atomic mass is 9.55. The zero-order valence-corrected chi connectivity index (χ0v) is 55.4. The van der Waals surface area contributed by atoms with Crippen LogP contribution in [0.3, 0.4) is 0 Å². The van der Waals surface area contributed by atoms with E-state index in [4.69, 9.17) is 4.42 Å². The molecule has 11 rings (SSSR count). The van der Waals surface area contributed by atoms with Gasteiger partial charge < -0.3 is 4.42 Å². The van der Waals surface area contributed by atoms with E-state index in [0.717, 1.165) is 11.2 Å². The number of fused-ring (bicyclic) bond motifs is 9. The number of hydrogen-bond acceptors (Lipinski definition) is 1. The van der Waals surface area contributed by atoms with Crippen LogP contribution in [0.15, 0.2) is 4.42 Å².